The van der Waals surface area contributed by atoms with E-state index in [1.807, 2.05) is 31.3 Å². The Morgan fingerprint density at radius 2 is 1.89 bits per heavy atom. The normalized spacial score (nSPS) is 10.1. The van der Waals surface area contributed by atoms with Crippen molar-refractivity contribution in [3.05, 3.63) is 48.9 Å². The fraction of sp³-hybridized carbons (Fsp3) is 0.0769. The molecule has 0 atom stereocenters. The Hall–Kier alpha value is -1.71. The summed E-state index contributed by atoms with van der Waals surface area (Å²) < 4.78 is 1.68. The average molecular weight is 415 g/mol. The van der Waals surface area contributed by atoms with Gasteiger partial charge in [0.15, 0.2) is 5.82 Å². The molecule has 0 N–H and O–H groups in total. The van der Waals surface area contributed by atoms with E-state index in [2.05, 4.69) is 27.2 Å². The summed E-state index contributed by atoms with van der Waals surface area (Å²) in [7, 11) is 1.85. The van der Waals surface area contributed by atoms with Crippen molar-refractivity contribution in [3.8, 4) is 22.6 Å². The number of benzene rings is 1. The van der Waals surface area contributed by atoms with Crippen LogP contribution in [0.25, 0.3) is 22.6 Å². The van der Waals surface area contributed by atoms with Crippen LogP contribution >= 0.6 is 0 Å². The van der Waals surface area contributed by atoms with Crippen LogP contribution in [0.15, 0.2) is 48.9 Å². The summed E-state index contributed by atoms with van der Waals surface area (Å²) in [6.45, 7) is 0. The Balaban J connectivity index is 0.00000120. The Labute approximate surface area is 118 Å². The summed E-state index contributed by atoms with van der Waals surface area (Å²) in [5, 5.41) is 4.28. The van der Waals surface area contributed by atoms with E-state index in [1.54, 1.807) is 17.2 Å². The molecule has 0 saturated heterocycles. The van der Waals surface area contributed by atoms with E-state index >= 15 is 0 Å². The van der Waals surface area contributed by atoms with Crippen LogP contribution in [-0.4, -0.2) is 14.8 Å². The van der Waals surface area contributed by atoms with Gasteiger partial charge in [0, 0.05) is 27.2 Å². The molecule has 1 radical (unpaired) electrons. The van der Waals surface area contributed by atoms with Crippen LogP contribution in [-0.2, 0) is 27.2 Å². The summed E-state index contributed by atoms with van der Waals surface area (Å²) in [5.41, 5.74) is 3.03. The third-order valence-electron chi connectivity index (χ3n) is 2.60. The first-order valence-electron chi connectivity index (χ1n) is 5.38. The molecule has 18 heavy (non-hydrogen) atoms. The molecule has 5 heteroatoms. The van der Waals surface area contributed by atoms with Crippen molar-refractivity contribution in [2.45, 2.75) is 0 Å². The molecule has 0 unspecified atom stereocenters. The summed E-state index contributed by atoms with van der Waals surface area (Å²) in [5.74, 6) is 0.663. The predicted molar refractivity (Wildman–Crippen MR) is 65.2 cm³/mol. The fourth-order valence-electron chi connectivity index (χ4n) is 1.81. The number of rotatable bonds is 2. The van der Waals surface area contributed by atoms with E-state index < -0.39 is 0 Å². The minimum Gasteiger partial charge on any atom is -0.660 e. The van der Waals surface area contributed by atoms with Crippen molar-refractivity contribution < 1.29 is 20.1 Å². The predicted octanol–water partition coefficient (Wildman–Crippen LogP) is 2.10. The molecule has 1 aromatic carbocycles. The van der Waals surface area contributed by atoms with E-state index in [9.17, 15) is 0 Å². The van der Waals surface area contributed by atoms with Gasteiger partial charge in [-0.2, -0.15) is 11.3 Å². The van der Waals surface area contributed by atoms with E-state index in [-0.39, 0.29) is 20.1 Å². The van der Waals surface area contributed by atoms with Gasteiger partial charge in [0.25, 0.3) is 0 Å². The van der Waals surface area contributed by atoms with Gasteiger partial charge in [0.2, 0.25) is 0 Å². The third kappa shape index (κ3) is 2.28. The zero-order valence-electron chi connectivity index (χ0n) is 9.74. The number of nitrogens with zero attached hydrogens (tertiary/aromatic N) is 4. The second-order valence-electron chi connectivity index (χ2n) is 3.81. The summed E-state index contributed by atoms with van der Waals surface area (Å²) in [4.78, 5) is 8.57. The molecule has 0 bridgehead atoms. The van der Waals surface area contributed by atoms with E-state index in [1.165, 1.54) is 0 Å². The molecule has 2 aromatic heterocycles. The zero-order chi connectivity index (χ0) is 11.7. The van der Waals surface area contributed by atoms with Crippen LogP contribution < -0.4 is 4.98 Å². The van der Waals surface area contributed by atoms with Gasteiger partial charge in [-0.15, -0.1) is 0 Å². The van der Waals surface area contributed by atoms with Gasteiger partial charge in [-0.05, 0) is 11.1 Å². The second-order valence-corrected chi connectivity index (χ2v) is 3.81. The smallest absolute Gasteiger partial charge is 0.159 e. The van der Waals surface area contributed by atoms with E-state index in [0.717, 1.165) is 16.8 Å². The third-order valence-corrected chi connectivity index (χ3v) is 2.60. The molecule has 0 aliphatic heterocycles. The topological polar surface area (TPSA) is 44.8 Å². The standard InChI is InChI=1S/C13H11N4.Ir/c1-17-9-15-13(16-17)12-11(7-8-14-12)10-5-3-2-4-6-10;/h2-9H,1H3;/q-1;. The van der Waals surface area contributed by atoms with Crippen LogP contribution in [0.4, 0.5) is 0 Å². The number of hydrogen-bond acceptors (Lipinski definition) is 2. The molecular formula is C13H11IrN4-. The molecule has 93 valence electrons. The van der Waals surface area contributed by atoms with Gasteiger partial charge in [-0.3, -0.25) is 4.68 Å². The number of hydrogen-bond donors (Lipinski definition) is 0. The molecule has 0 aliphatic carbocycles. The van der Waals surface area contributed by atoms with Crippen LogP contribution in [0.5, 0.6) is 0 Å². The molecule has 2 heterocycles. The number of aryl methyl sites for hydroxylation is 1. The van der Waals surface area contributed by atoms with Gasteiger partial charge < -0.3 is 4.98 Å². The van der Waals surface area contributed by atoms with Gasteiger partial charge in [0.05, 0.1) is 0 Å². The average Bonchev–Trinajstić information content (AvgIpc) is 2.98. The minimum atomic E-state index is 0. The van der Waals surface area contributed by atoms with Crippen molar-refractivity contribution in [1.82, 2.24) is 19.7 Å². The van der Waals surface area contributed by atoms with Crippen molar-refractivity contribution in [1.29, 1.82) is 0 Å². The van der Waals surface area contributed by atoms with Crippen molar-refractivity contribution >= 4 is 0 Å². The Morgan fingerprint density at radius 1 is 1.11 bits per heavy atom. The Bertz CT molecular complexity index is 627. The van der Waals surface area contributed by atoms with Crippen LogP contribution in [0.3, 0.4) is 0 Å². The Morgan fingerprint density at radius 3 is 2.56 bits per heavy atom. The van der Waals surface area contributed by atoms with Gasteiger partial charge in [0.1, 0.15) is 6.33 Å². The first-order valence-corrected chi connectivity index (χ1v) is 5.38. The molecule has 3 rings (SSSR count). The van der Waals surface area contributed by atoms with Gasteiger partial charge in [-0.25, -0.2) is 4.98 Å². The quantitative estimate of drug-likeness (QED) is 0.644. The van der Waals surface area contributed by atoms with E-state index in [4.69, 9.17) is 0 Å². The molecule has 0 fully saturated rings. The van der Waals surface area contributed by atoms with E-state index in [0.29, 0.717) is 5.82 Å². The summed E-state index contributed by atoms with van der Waals surface area (Å²) in [6, 6.07) is 12.1. The van der Waals surface area contributed by atoms with Gasteiger partial charge in [-0.1, -0.05) is 42.1 Å². The largest absolute Gasteiger partial charge is 0.660 e. The molecule has 3 aromatic rings. The summed E-state index contributed by atoms with van der Waals surface area (Å²) in [6.07, 6.45) is 3.47. The minimum absolute atomic E-state index is 0. The molecule has 0 amide bonds. The SMILES string of the molecule is Cn1cnc(-c2[n-]ccc2-c2ccccc2)n1.[Ir]. The monoisotopic (exact) mass is 416 g/mol. The summed E-state index contributed by atoms with van der Waals surface area (Å²) >= 11 is 0. The van der Waals surface area contributed by atoms with Crippen LogP contribution in [0.2, 0.25) is 0 Å². The van der Waals surface area contributed by atoms with Crippen LogP contribution in [0.1, 0.15) is 0 Å². The maximum atomic E-state index is 4.34. The maximum Gasteiger partial charge on any atom is 0.159 e. The molecule has 0 spiro atoms. The van der Waals surface area contributed by atoms with Crippen molar-refractivity contribution in [2.75, 3.05) is 0 Å². The molecular weight excluding hydrogens is 404 g/mol. The van der Waals surface area contributed by atoms with Gasteiger partial charge >= 0.3 is 0 Å². The number of aromatic nitrogens is 4. The maximum absolute atomic E-state index is 4.34. The first-order chi connectivity index (χ1) is 8.34. The zero-order valence-corrected chi connectivity index (χ0v) is 12.1. The van der Waals surface area contributed by atoms with Crippen LogP contribution in [0, 0.1) is 0 Å². The first kappa shape index (κ1) is 12.7. The Kier molecular flexibility index (Phi) is 3.74. The van der Waals surface area contributed by atoms with Crippen molar-refractivity contribution in [3.63, 3.8) is 0 Å². The second kappa shape index (κ2) is 5.29. The molecule has 0 aliphatic rings. The molecule has 0 saturated carbocycles. The fourth-order valence-corrected chi connectivity index (χ4v) is 1.81. The van der Waals surface area contributed by atoms with Crippen molar-refractivity contribution in [2.24, 2.45) is 7.05 Å². The molecule has 4 nitrogen and oxygen atoms in total.